The van der Waals surface area contributed by atoms with Crippen LogP contribution >= 0.6 is 24.2 Å². The fourth-order valence-corrected chi connectivity index (χ4v) is 5.30. The van der Waals surface area contributed by atoms with Crippen LogP contribution in [0.2, 0.25) is 5.02 Å². The highest BCUT2D eigenvalue weighted by atomic mass is 35.5. The highest BCUT2D eigenvalue weighted by Crippen LogP contribution is 2.34. The smallest absolute Gasteiger partial charge is 0.232 e. The molecule has 0 aliphatic carbocycles. The molecule has 240 valence electrons. The maximum Gasteiger partial charge on any atom is 0.232 e. The van der Waals surface area contributed by atoms with Gasteiger partial charge in [-0.3, -0.25) is 9.59 Å². The number of thiol groups is 1. The van der Waals surface area contributed by atoms with Gasteiger partial charge in [0.05, 0.1) is 16.6 Å². The number of carbonyl (C=O) groups is 2. The SMILES string of the molecule is CC/C=C(\C=C/CC(=O)NCCS)CC(C(=O)Nc1ccc(-c2cc3ccccc3o2)cc1Cl)c1ccc(/C=C/C(C)(C)C)cc1. The first kappa shape index (κ1) is 34.9. The number of carbonyl (C=O) groups excluding carboxylic acids is 2. The molecule has 0 fully saturated rings. The van der Waals surface area contributed by atoms with E-state index < -0.39 is 5.92 Å². The number of fused-ring (bicyclic) bond motifs is 1. The number of allylic oxidation sites excluding steroid dienone is 4. The van der Waals surface area contributed by atoms with Gasteiger partial charge in [0.1, 0.15) is 11.3 Å². The van der Waals surface area contributed by atoms with E-state index in [1.54, 1.807) is 0 Å². The zero-order valence-corrected chi connectivity index (χ0v) is 28.6. The van der Waals surface area contributed by atoms with E-state index in [1.807, 2.05) is 84.9 Å². The van der Waals surface area contributed by atoms with Crippen molar-refractivity contribution in [3.8, 4) is 11.3 Å². The fourth-order valence-electron chi connectivity index (χ4n) is 4.96. The second kappa shape index (κ2) is 16.5. The van der Waals surface area contributed by atoms with Crippen LogP contribution in [0.3, 0.4) is 0 Å². The van der Waals surface area contributed by atoms with E-state index in [0.717, 1.165) is 39.7 Å². The first-order valence-corrected chi connectivity index (χ1v) is 16.7. The van der Waals surface area contributed by atoms with Crippen LogP contribution in [0.4, 0.5) is 5.69 Å². The molecule has 46 heavy (non-hydrogen) atoms. The number of benzene rings is 3. The lowest BCUT2D eigenvalue weighted by molar-refractivity contribution is -0.120. The summed E-state index contributed by atoms with van der Waals surface area (Å²) in [6.45, 7) is 9.06. The molecular formula is C39H43ClN2O3S. The standard InChI is InChI=1S/C39H43ClN2O3S/c1-5-9-28(10-8-13-37(43)41-22-23-46)24-32(29-16-14-27(15-17-29)20-21-39(2,3)4)38(44)42-34-19-18-31(25-33(34)40)36-26-30-11-6-7-12-35(30)45-36/h6-12,14-21,25-26,32,46H,5,13,22-24H2,1-4H3,(H,41,43)(H,42,44)/b10-8-,21-20+,28-9+. The molecule has 1 aromatic heterocycles. The average Bonchev–Trinajstić information content (AvgIpc) is 3.47. The average molecular weight is 655 g/mol. The Hall–Kier alpha value is -4.00. The van der Waals surface area contributed by atoms with Gasteiger partial charge in [-0.25, -0.2) is 0 Å². The number of nitrogens with one attached hydrogen (secondary N) is 2. The summed E-state index contributed by atoms with van der Waals surface area (Å²) in [6.07, 6.45) is 11.7. The second-order valence-corrected chi connectivity index (χ2v) is 13.2. The van der Waals surface area contributed by atoms with Crippen LogP contribution in [-0.2, 0) is 9.59 Å². The van der Waals surface area contributed by atoms with Crippen LogP contribution in [0.5, 0.6) is 0 Å². The van der Waals surface area contributed by atoms with E-state index >= 15 is 0 Å². The van der Waals surface area contributed by atoms with Crippen LogP contribution in [0.1, 0.15) is 64.0 Å². The number of halogens is 1. The normalized spacial score (nSPS) is 13.0. The number of anilines is 1. The fraction of sp³-hybridized carbons (Fsp3) is 0.282. The van der Waals surface area contributed by atoms with Gasteiger partial charge in [-0.05, 0) is 59.7 Å². The molecule has 7 heteroatoms. The number of rotatable bonds is 13. The Labute approximate surface area is 283 Å². The molecule has 0 saturated carbocycles. The minimum Gasteiger partial charge on any atom is -0.456 e. The lowest BCUT2D eigenvalue weighted by Gasteiger charge is -2.19. The number of hydrogen-bond donors (Lipinski definition) is 3. The van der Waals surface area contributed by atoms with Gasteiger partial charge in [0.15, 0.2) is 0 Å². The summed E-state index contributed by atoms with van der Waals surface area (Å²) in [6, 6.07) is 23.4. The molecule has 3 aromatic carbocycles. The molecule has 5 nitrogen and oxygen atoms in total. The summed E-state index contributed by atoms with van der Waals surface area (Å²) in [7, 11) is 0. The Kier molecular flexibility index (Phi) is 12.5. The number of amides is 2. The molecule has 1 atom stereocenters. The van der Waals surface area contributed by atoms with Crippen LogP contribution in [-0.4, -0.2) is 24.1 Å². The quantitative estimate of drug-likeness (QED) is 0.0992. The Morgan fingerprint density at radius 1 is 1.02 bits per heavy atom. The van der Waals surface area contributed by atoms with Crippen molar-refractivity contribution >= 4 is 58.8 Å². The maximum absolute atomic E-state index is 14.0. The zero-order valence-electron chi connectivity index (χ0n) is 27.0. The largest absolute Gasteiger partial charge is 0.456 e. The van der Waals surface area contributed by atoms with Crippen molar-refractivity contribution in [2.24, 2.45) is 5.41 Å². The van der Waals surface area contributed by atoms with Crippen molar-refractivity contribution in [2.45, 2.75) is 52.9 Å². The van der Waals surface area contributed by atoms with E-state index in [2.05, 4.69) is 69.2 Å². The van der Waals surface area contributed by atoms with Crippen LogP contribution in [0.25, 0.3) is 28.4 Å². The molecule has 0 spiro atoms. The highest BCUT2D eigenvalue weighted by Gasteiger charge is 2.23. The van der Waals surface area contributed by atoms with E-state index in [4.69, 9.17) is 16.0 Å². The predicted octanol–water partition coefficient (Wildman–Crippen LogP) is 10.3. The lowest BCUT2D eigenvalue weighted by atomic mass is 9.89. The van der Waals surface area contributed by atoms with Crippen LogP contribution in [0.15, 0.2) is 107 Å². The van der Waals surface area contributed by atoms with Gasteiger partial charge in [-0.15, -0.1) is 0 Å². The Bertz CT molecular complexity index is 1700. The van der Waals surface area contributed by atoms with Crippen molar-refractivity contribution in [1.82, 2.24) is 5.32 Å². The Morgan fingerprint density at radius 3 is 2.46 bits per heavy atom. The highest BCUT2D eigenvalue weighted by molar-refractivity contribution is 7.80. The molecule has 0 radical (unpaired) electrons. The number of hydrogen-bond acceptors (Lipinski definition) is 4. The molecule has 2 amide bonds. The van der Waals surface area contributed by atoms with Crippen LogP contribution in [0, 0.1) is 5.41 Å². The van der Waals surface area contributed by atoms with Gasteiger partial charge in [0.25, 0.3) is 0 Å². The van der Waals surface area contributed by atoms with Crippen molar-refractivity contribution in [1.29, 1.82) is 0 Å². The monoisotopic (exact) mass is 654 g/mol. The Balaban J connectivity index is 1.58. The second-order valence-electron chi connectivity index (χ2n) is 12.3. The van der Waals surface area contributed by atoms with E-state index in [9.17, 15) is 9.59 Å². The summed E-state index contributed by atoms with van der Waals surface area (Å²) in [5.74, 6) is 0.575. The zero-order chi connectivity index (χ0) is 33.1. The topological polar surface area (TPSA) is 71.3 Å². The maximum atomic E-state index is 14.0. The van der Waals surface area contributed by atoms with Crippen molar-refractivity contribution in [3.63, 3.8) is 0 Å². The van der Waals surface area contributed by atoms with E-state index in [0.29, 0.717) is 35.2 Å². The summed E-state index contributed by atoms with van der Waals surface area (Å²) in [4.78, 5) is 26.1. The van der Waals surface area contributed by atoms with Gasteiger partial charge < -0.3 is 15.1 Å². The third-order valence-corrected chi connectivity index (χ3v) is 7.88. The van der Waals surface area contributed by atoms with Crippen molar-refractivity contribution < 1.29 is 14.0 Å². The first-order valence-electron chi connectivity index (χ1n) is 15.7. The molecule has 0 aliphatic heterocycles. The van der Waals surface area contributed by atoms with E-state index in [-0.39, 0.29) is 23.7 Å². The van der Waals surface area contributed by atoms with Gasteiger partial charge in [0.2, 0.25) is 11.8 Å². The molecular weight excluding hydrogens is 612 g/mol. The molecule has 0 saturated heterocycles. The summed E-state index contributed by atoms with van der Waals surface area (Å²) in [5.41, 5.74) is 5.16. The molecule has 4 rings (SSSR count). The third kappa shape index (κ3) is 10.3. The molecule has 1 unspecified atom stereocenters. The number of furan rings is 1. The lowest BCUT2D eigenvalue weighted by Crippen LogP contribution is -2.24. The summed E-state index contributed by atoms with van der Waals surface area (Å²) < 4.78 is 6.01. The molecule has 1 heterocycles. The molecule has 0 bridgehead atoms. The van der Waals surface area contributed by atoms with Gasteiger partial charge in [-0.1, -0.05) is 118 Å². The third-order valence-electron chi connectivity index (χ3n) is 7.34. The predicted molar refractivity (Wildman–Crippen MR) is 197 cm³/mol. The molecule has 4 aromatic rings. The van der Waals surface area contributed by atoms with Crippen molar-refractivity contribution in [2.75, 3.05) is 17.6 Å². The van der Waals surface area contributed by atoms with Gasteiger partial charge in [0, 0.05) is 29.7 Å². The molecule has 2 N–H and O–H groups in total. The minimum atomic E-state index is -0.493. The molecule has 0 aliphatic rings. The summed E-state index contributed by atoms with van der Waals surface area (Å²) >= 11 is 10.9. The van der Waals surface area contributed by atoms with Gasteiger partial charge >= 0.3 is 0 Å². The minimum absolute atomic E-state index is 0.0601. The van der Waals surface area contributed by atoms with Gasteiger partial charge in [-0.2, -0.15) is 12.6 Å². The summed E-state index contributed by atoms with van der Waals surface area (Å²) in [5, 5.41) is 7.34. The number of para-hydroxylation sites is 1. The van der Waals surface area contributed by atoms with Crippen LogP contribution < -0.4 is 10.6 Å². The first-order chi connectivity index (χ1) is 22.1. The van der Waals surface area contributed by atoms with E-state index in [1.165, 1.54) is 0 Å². The van der Waals surface area contributed by atoms with Crippen molar-refractivity contribution in [3.05, 3.63) is 119 Å². The Morgan fingerprint density at radius 2 is 1.78 bits per heavy atom.